The minimum Gasteiger partial charge on any atom is -0.370 e. The van der Waals surface area contributed by atoms with E-state index in [4.69, 9.17) is 0 Å². The fourth-order valence-corrected chi connectivity index (χ4v) is 1.44. The predicted molar refractivity (Wildman–Crippen MR) is 62.1 cm³/mol. The number of aryl methyl sites for hydroxylation is 2. The van der Waals surface area contributed by atoms with Crippen molar-refractivity contribution in [3.05, 3.63) is 36.3 Å². The second-order valence-corrected chi connectivity index (χ2v) is 3.66. The van der Waals surface area contributed by atoms with Crippen molar-refractivity contribution in [3.8, 4) is 0 Å². The Morgan fingerprint density at radius 2 is 2.31 bits per heavy atom. The van der Waals surface area contributed by atoms with Gasteiger partial charge in [0.05, 0.1) is 6.20 Å². The van der Waals surface area contributed by atoms with Gasteiger partial charge in [0.2, 0.25) is 0 Å². The number of nitrogens with one attached hydrogen (secondary N) is 1. The molecule has 0 saturated heterocycles. The van der Waals surface area contributed by atoms with Gasteiger partial charge in [-0.2, -0.15) is 0 Å². The first-order chi connectivity index (χ1) is 7.84. The summed E-state index contributed by atoms with van der Waals surface area (Å²) in [4.78, 5) is 4.23. The molecule has 0 amide bonds. The lowest BCUT2D eigenvalue weighted by Crippen LogP contribution is -2.08. The molecule has 0 radical (unpaired) electrons. The van der Waals surface area contributed by atoms with Gasteiger partial charge < -0.3 is 5.32 Å². The largest absolute Gasteiger partial charge is 0.370 e. The van der Waals surface area contributed by atoms with Crippen LogP contribution in [0, 0.1) is 6.92 Å². The Morgan fingerprint density at radius 3 is 3.06 bits per heavy atom. The Balaban J connectivity index is 1.72. The van der Waals surface area contributed by atoms with E-state index in [1.807, 2.05) is 29.2 Å². The Morgan fingerprint density at radius 1 is 1.38 bits per heavy atom. The summed E-state index contributed by atoms with van der Waals surface area (Å²) in [5.74, 6) is 0.929. The summed E-state index contributed by atoms with van der Waals surface area (Å²) in [5, 5.41) is 10.9. The van der Waals surface area contributed by atoms with Crippen molar-refractivity contribution in [1.82, 2.24) is 20.0 Å². The zero-order valence-electron chi connectivity index (χ0n) is 9.30. The summed E-state index contributed by atoms with van der Waals surface area (Å²) < 4.78 is 1.82. The van der Waals surface area contributed by atoms with Crippen LogP contribution in [0.1, 0.15) is 12.0 Å². The second-order valence-electron chi connectivity index (χ2n) is 3.66. The third kappa shape index (κ3) is 3.05. The summed E-state index contributed by atoms with van der Waals surface area (Å²) in [7, 11) is 0. The Kier molecular flexibility index (Phi) is 3.48. The summed E-state index contributed by atoms with van der Waals surface area (Å²) in [5.41, 5.74) is 1.22. The molecule has 0 unspecified atom stereocenters. The number of nitrogens with zero attached hydrogens (tertiary/aromatic N) is 4. The number of aromatic nitrogens is 4. The third-order valence-electron chi connectivity index (χ3n) is 2.26. The van der Waals surface area contributed by atoms with E-state index in [-0.39, 0.29) is 0 Å². The van der Waals surface area contributed by atoms with Crippen LogP contribution < -0.4 is 5.32 Å². The first-order valence-corrected chi connectivity index (χ1v) is 5.35. The highest BCUT2D eigenvalue weighted by Gasteiger charge is 1.94. The summed E-state index contributed by atoms with van der Waals surface area (Å²) in [6, 6.07) is 4.02. The first kappa shape index (κ1) is 10.6. The van der Waals surface area contributed by atoms with Gasteiger partial charge in [0.1, 0.15) is 5.82 Å². The van der Waals surface area contributed by atoms with Crippen molar-refractivity contribution in [2.24, 2.45) is 0 Å². The van der Waals surface area contributed by atoms with Crippen LogP contribution in [0.5, 0.6) is 0 Å². The van der Waals surface area contributed by atoms with E-state index < -0.39 is 0 Å². The first-order valence-electron chi connectivity index (χ1n) is 5.35. The average Bonchev–Trinajstić information content (AvgIpc) is 2.77. The van der Waals surface area contributed by atoms with E-state index in [9.17, 15) is 0 Å². The second kappa shape index (κ2) is 5.25. The highest BCUT2D eigenvalue weighted by Crippen LogP contribution is 2.04. The van der Waals surface area contributed by atoms with Crippen molar-refractivity contribution in [1.29, 1.82) is 0 Å². The van der Waals surface area contributed by atoms with Gasteiger partial charge in [0, 0.05) is 25.5 Å². The molecule has 0 fully saturated rings. The molecular formula is C11H15N5. The maximum absolute atomic E-state index is 4.23. The summed E-state index contributed by atoms with van der Waals surface area (Å²) in [6.07, 6.45) is 6.37. The van der Waals surface area contributed by atoms with Crippen molar-refractivity contribution < 1.29 is 0 Å². The number of rotatable bonds is 5. The third-order valence-corrected chi connectivity index (χ3v) is 2.26. The lowest BCUT2D eigenvalue weighted by atomic mass is 10.3. The van der Waals surface area contributed by atoms with Gasteiger partial charge >= 0.3 is 0 Å². The normalized spacial score (nSPS) is 10.3. The molecule has 5 heteroatoms. The molecular weight excluding hydrogens is 202 g/mol. The number of pyridine rings is 1. The van der Waals surface area contributed by atoms with E-state index in [0.717, 1.165) is 25.3 Å². The average molecular weight is 217 g/mol. The quantitative estimate of drug-likeness (QED) is 0.771. The molecule has 0 atom stereocenters. The molecule has 2 aromatic heterocycles. The molecule has 0 aliphatic heterocycles. The van der Waals surface area contributed by atoms with Gasteiger partial charge in [-0.05, 0) is 31.0 Å². The fourth-order valence-electron chi connectivity index (χ4n) is 1.44. The van der Waals surface area contributed by atoms with Gasteiger partial charge in [0.25, 0.3) is 0 Å². The molecule has 2 rings (SSSR count). The standard InChI is InChI=1S/C11H15N5/c1-10-3-5-13-11(9-10)12-4-2-7-16-8-6-14-15-16/h3,5-6,8-9H,2,4,7H2,1H3,(H,12,13). The highest BCUT2D eigenvalue weighted by molar-refractivity contribution is 5.36. The molecule has 0 saturated carbocycles. The molecule has 16 heavy (non-hydrogen) atoms. The van der Waals surface area contributed by atoms with Crippen LogP contribution in [0.25, 0.3) is 0 Å². The predicted octanol–water partition coefficient (Wildman–Crippen LogP) is 1.48. The molecule has 1 N–H and O–H groups in total. The van der Waals surface area contributed by atoms with Crippen LogP contribution >= 0.6 is 0 Å². The monoisotopic (exact) mass is 217 g/mol. The van der Waals surface area contributed by atoms with E-state index in [2.05, 4.69) is 27.5 Å². The Hall–Kier alpha value is -1.91. The van der Waals surface area contributed by atoms with E-state index in [0.29, 0.717) is 0 Å². The van der Waals surface area contributed by atoms with Gasteiger partial charge in [-0.3, -0.25) is 4.68 Å². The maximum Gasteiger partial charge on any atom is 0.126 e. The van der Waals surface area contributed by atoms with Gasteiger partial charge in [-0.1, -0.05) is 5.21 Å². The SMILES string of the molecule is Cc1ccnc(NCCCn2ccnn2)c1. The minimum absolute atomic E-state index is 0.874. The lowest BCUT2D eigenvalue weighted by molar-refractivity contribution is 0.569. The van der Waals surface area contributed by atoms with Crippen molar-refractivity contribution in [2.75, 3.05) is 11.9 Å². The Labute approximate surface area is 94.5 Å². The van der Waals surface area contributed by atoms with Crippen molar-refractivity contribution in [3.63, 3.8) is 0 Å². The molecule has 2 heterocycles. The van der Waals surface area contributed by atoms with Gasteiger partial charge in [-0.25, -0.2) is 4.98 Å². The van der Waals surface area contributed by atoms with Gasteiger partial charge in [0.15, 0.2) is 0 Å². The molecule has 84 valence electrons. The van der Waals surface area contributed by atoms with Gasteiger partial charge in [-0.15, -0.1) is 5.10 Å². The van der Waals surface area contributed by atoms with Crippen molar-refractivity contribution >= 4 is 5.82 Å². The highest BCUT2D eigenvalue weighted by atomic mass is 15.4. The molecule has 0 aromatic carbocycles. The van der Waals surface area contributed by atoms with Crippen LogP contribution in [-0.2, 0) is 6.54 Å². The van der Waals surface area contributed by atoms with Crippen LogP contribution in [-0.4, -0.2) is 26.5 Å². The molecule has 0 aliphatic rings. The molecule has 0 bridgehead atoms. The lowest BCUT2D eigenvalue weighted by Gasteiger charge is -2.05. The summed E-state index contributed by atoms with van der Waals surface area (Å²) >= 11 is 0. The number of hydrogen-bond acceptors (Lipinski definition) is 4. The van der Waals surface area contributed by atoms with E-state index in [1.165, 1.54) is 5.56 Å². The van der Waals surface area contributed by atoms with Crippen LogP contribution in [0.15, 0.2) is 30.7 Å². The minimum atomic E-state index is 0.874. The van der Waals surface area contributed by atoms with Crippen molar-refractivity contribution in [2.45, 2.75) is 19.9 Å². The number of hydrogen-bond donors (Lipinski definition) is 1. The number of anilines is 1. The molecule has 0 spiro atoms. The van der Waals surface area contributed by atoms with Crippen LogP contribution in [0.2, 0.25) is 0 Å². The molecule has 2 aromatic rings. The zero-order chi connectivity index (χ0) is 11.2. The Bertz CT molecular complexity index is 424. The van der Waals surface area contributed by atoms with E-state index in [1.54, 1.807) is 6.20 Å². The fraction of sp³-hybridized carbons (Fsp3) is 0.364. The maximum atomic E-state index is 4.23. The zero-order valence-corrected chi connectivity index (χ0v) is 9.30. The van der Waals surface area contributed by atoms with Crippen LogP contribution in [0.3, 0.4) is 0 Å². The smallest absolute Gasteiger partial charge is 0.126 e. The topological polar surface area (TPSA) is 55.6 Å². The van der Waals surface area contributed by atoms with Crippen LogP contribution in [0.4, 0.5) is 5.82 Å². The molecule has 0 aliphatic carbocycles. The molecule has 5 nitrogen and oxygen atoms in total. The van der Waals surface area contributed by atoms with E-state index >= 15 is 0 Å². The summed E-state index contributed by atoms with van der Waals surface area (Å²) in [6.45, 7) is 3.82.